The third-order valence-corrected chi connectivity index (χ3v) is 4.76. The minimum absolute atomic E-state index is 0.0494. The number of carbonyl (C=O) groups is 1. The van der Waals surface area contributed by atoms with Gasteiger partial charge in [0.25, 0.3) is 5.91 Å². The molecule has 5 nitrogen and oxygen atoms in total. The van der Waals surface area contributed by atoms with Crippen LogP contribution in [0.5, 0.6) is 5.75 Å². The number of piperazine rings is 1. The van der Waals surface area contributed by atoms with E-state index >= 15 is 0 Å². The molecule has 1 saturated heterocycles. The summed E-state index contributed by atoms with van der Waals surface area (Å²) in [5, 5.41) is 3.00. The minimum Gasteiger partial charge on any atom is -0.497 e. The molecule has 1 aliphatic rings. The Morgan fingerprint density at radius 3 is 2.46 bits per heavy atom. The third-order valence-electron chi connectivity index (χ3n) is 4.76. The summed E-state index contributed by atoms with van der Waals surface area (Å²) in [7, 11) is 1.61. The number of nitrogens with zero attached hydrogens (tertiary/aromatic N) is 2. The Hall–Kier alpha value is -2.37. The summed E-state index contributed by atoms with van der Waals surface area (Å²) in [4.78, 5) is 17.1. The standard InChI is InChI=1S/C21H27N3O2/c1-26-20-9-5-8-19(16-20)21(25)22-10-11-23-12-14-24(15-13-23)17-18-6-3-2-4-7-18/h2-9,16H,10-15,17H2,1H3,(H,22,25). The van der Waals surface area contributed by atoms with E-state index in [1.165, 1.54) is 5.56 Å². The Kier molecular flexibility index (Phi) is 6.63. The molecule has 5 heteroatoms. The highest BCUT2D eigenvalue weighted by Crippen LogP contribution is 2.12. The van der Waals surface area contributed by atoms with Crippen molar-refractivity contribution >= 4 is 5.91 Å². The highest BCUT2D eigenvalue weighted by atomic mass is 16.5. The molecule has 0 aliphatic carbocycles. The maximum Gasteiger partial charge on any atom is 0.251 e. The van der Waals surface area contributed by atoms with E-state index in [0.717, 1.165) is 39.3 Å². The summed E-state index contributed by atoms with van der Waals surface area (Å²) in [5.74, 6) is 0.652. The number of hydrogen-bond acceptors (Lipinski definition) is 4. The molecule has 3 rings (SSSR count). The first-order chi connectivity index (χ1) is 12.7. The molecule has 1 fully saturated rings. The molecule has 2 aromatic carbocycles. The van der Waals surface area contributed by atoms with Crippen LogP contribution >= 0.6 is 0 Å². The molecule has 26 heavy (non-hydrogen) atoms. The molecule has 1 N–H and O–H groups in total. The van der Waals surface area contributed by atoms with Crippen LogP contribution in [-0.4, -0.2) is 62.1 Å². The number of nitrogens with one attached hydrogen (secondary N) is 1. The lowest BCUT2D eigenvalue weighted by Gasteiger charge is -2.34. The molecular formula is C21H27N3O2. The molecule has 0 aromatic heterocycles. The number of rotatable bonds is 7. The number of benzene rings is 2. The second kappa shape index (κ2) is 9.36. The van der Waals surface area contributed by atoms with Crippen LogP contribution in [0.3, 0.4) is 0 Å². The molecule has 1 aliphatic heterocycles. The van der Waals surface area contributed by atoms with Crippen molar-refractivity contribution in [3.8, 4) is 5.75 Å². The Morgan fingerprint density at radius 2 is 1.73 bits per heavy atom. The molecule has 0 radical (unpaired) electrons. The predicted molar refractivity (Wildman–Crippen MR) is 103 cm³/mol. The monoisotopic (exact) mass is 353 g/mol. The van der Waals surface area contributed by atoms with Crippen LogP contribution in [0.25, 0.3) is 0 Å². The molecule has 0 atom stereocenters. The SMILES string of the molecule is COc1cccc(C(=O)NCCN2CCN(Cc3ccccc3)CC2)c1. The molecule has 0 spiro atoms. The summed E-state index contributed by atoms with van der Waals surface area (Å²) in [6.45, 7) is 6.78. The van der Waals surface area contributed by atoms with Gasteiger partial charge in [-0.2, -0.15) is 0 Å². The zero-order valence-corrected chi connectivity index (χ0v) is 15.4. The number of ether oxygens (including phenoxy) is 1. The van der Waals surface area contributed by atoms with Gasteiger partial charge >= 0.3 is 0 Å². The van der Waals surface area contributed by atoms with Crippen molar-refractivity contribution in [1.29, 1.82) is 0 Å². The van der Waals surface area contributed by atoms with Crippen LogP contribution in [0.15, 0.2) is 54.6 Å². The highest BCUT2D eigenvalue weighted by Gasteiger charge is 2.17. The van der Waals surface area contributed by atoms with Gasteiger partial charge in [-0.3, -0.25) is 14.6 Å². The summed E-state index contributed by atoms with van der Waals surface area (Å²) in [5.41, 5.74) is 2.00. The van der Waals surface area contributed by atoms with Gasteiger partial charge in [0.2, 0.25) is 0 Å². The highest BCUT2D eigenvalue weighted by molar-refractivity contribution is 5.94. The molecule has 0 unspecified atom stereocenters. The minimum atomic E-state index is -0.0494. The molecule has 0 bridgehead atoms. The number of methoxy groups -OCH3 is 1. The lowest BCUT2D eigenvalue weighted by molar-refractivity contribution is 0.0934. The lowest BCUT2D eigenvalue weighted by Crippen LogP contribution is -2.48. The molecule has 138 valence electrons. The zero-order valence-electron chi connectivity index (χ0n) is 15.4. The second-order valence-corrected chi connectivity index (χ2v) is 6.59. The first-order valence-electron chi connectivity index (χ1n) is 9.15. The fourth-order valence-electron chi connectivity index (χ4n) is 3.21. The van der Waals surface area contributed by atoms with E-state index in [-0.39, 0.29) is 5.91 Å². The van der Waals surface area contributed by atoms with Crippen LogP contribution in [0.1, 0.15) is 15.9 Å². The van der Waals surface area contributed by atoms with E-state index in [0.29, 0.717) is 17.9 Å². The van der Waals surface area contributed by atoms with Gasteiger partial charge in [-0.05, 0) is 23.8 Å². The van der Waals surface area contributed by atoms with E-state index < -0.39 is 0 Å². The molecule has 2 aromatic rings. The Bertz CT molecular complexity index is 697. The first kappa shape index (κ1) is 18.4. The smallest absolute Gasteiger partial charge is 0.251 e. The Labute approximate surface area is 155 Å². The number of hydrogen-bond donors (Lipinski definition) is 1. The van der Waals surface area contributed by atoms with Crippen molar-refractivity contribution in [2.75, 3.05) is 46.4 Å². The maximum atomic E-state index is 12.2. The molecule has 1 heterocycles. The first-order valence-corrected chi connectivity index (χ1v) is 9.15. The van der Waals surface area contributed by atoms with Gasteiger partial charge in [0.05, 0.1) is 7.11 Å². The van der Waals surface area contributed by atoms with E-state index in [2.05, 4.69) is 45.4 Å². The third kappa shape index (κ3) is 5.31. The summed E-state index contributed by atoms with van der Waals surface area (Å²) < 4.78 is 5.16. The van der Waals surface area contributed by atoms with Crippen LogP contribution in [0.2, 0.25) is 0 Å². The second-order valence-electron chi connectivity index (χ2n) is 6.59. The zero-order chi connectivity index (χ0) is 18.2. The van der Waals surface area contributed by atoms with Crippen LogP contribution < -0.4 is 10.1 Å². The maximum absolute atomic E-state index is 12.2. The van der Waals surface area contributed by atoms with E-state index in [9.17, 15) is 4.79 Å². The lowest BCUT2D eigenvalue weighted by atomic mass is 10.2. The van der Waals surface area contributed by atoms with E-state index in [4.69, 9.17) is 4.74 Å². The van der Waals surface area contributed by atoms with Crippen LogP contribution in [-0.2, 0) is 6.54 Å². The fraction of sp³-hybridized carbons (Fsp3) is 0.381. The van der Waals surface area contributed by atoms with Gasteiger partial charge in [0.15, 0.2) is 0 Å². The van der Waals surface area contributed by atoms with E-state index in [1.54, 1.807) is 19.2 Å². The quantitative estimate of drug-likeness (QED) is 0.829. The largest absolute Gasteiger partial charge is 0.497 e. The fourth-order valence-corrected chi connectivity index (χ4v) is 3.21. The number of carbonyl (C=O) groups excluding carboxylic acids is 1. The van der Waals surface area contributed by atoms with Gasteiger partial charge in [-0.1, -0.05) is 36.4 Å². The van der Waals surface area contributed by atoms with Gasteiger partial charge in [-0.15, -0.1) is 0 Å². The van der Waals surface area contributed by atoms with Crippen LogP contribution in [0, 0.1) is 0 Å². The van der Waals surface area contributed by atoms with Crippen LogP contribution in [0.4, 0.5) is 0 Å². The van der Waals surface area contributed by atoms with Gasteiger partial charge < -0.3 is 10.1 Å². The van der Waals surface area contributed by atoms with Crippen molar-refractivity contribution in [3.05, 3.63) is 65.7 Å². The Balaban J connectivity index is 1.36. The number of amides is 1. The molecule has 0 saturated carbocycles. The summed E-state index contributed by atoms with van der Waals surface area (Å²) in [6, 6.07) is 17.8. The van der Waals surface area contributed by atoms with Crippen molar-refractivity contribution in [2.24, 2.45) is 0 Å². The van der Waals surface area contributed by atoms with Gasteiger partial charge in [0, 0.05) is 51.4 Å². The topological polar surface area (TPSA) is 44.8 Å². The van der Waals surface area contributed by atoms with Crippen molar-refractivity contribution in [2.45, 2.75) is 6.54 Å². The summed E-state index contributed by atoms with van der Waals surface area (Å²) >= 11 is 0. The van der Waals surface area contributed by atoms with Crippen molar-refractivity contribution in [3.63, 3.8) is 0 Å². The average Bonchev–Trinajstić information content (AvgIpc) is 2.70. The van der Waals surface area contributed by atoms with Crippen molar-refractivity contribution in [1.82, 2.24) is 15.1 Å². The summed E-state index contributed by atoms with van der Waals surface area (Å²) in [6.07, 6.45) is 0. The molecule has 1 amide bonds. The predicted octanol–water partition coefficient (Wildman–Crippen LogP) is 2.24. The Morgan fingerprint density at radius 1 is 1.00 bits per heavy atom. The van der Waals surface area contributed by atoms with Gasteiger partial charge in [0.1, 0.15) is 5.75 Å². The average molecular weight is 353 g/mol. The van der Waals surface area contributed by atoms with Crippen molar-refractivity contribution < 1.29 is 9.53 Å². The normalized spacial score (nSPS) is 15.6. The molecular weight excluding hydrogens is 326 g/mol. The van der Waals surface area contributed by atoms with Gasteiger partial charge in [-0.25, -0.2) is 0 Å². The van der Waals surface area contributed by atoms with E-state index in [1.807, 2.05) is 12.1 Å².